The Morgan fingerprint density at radius 1 is 1.73 bits per heavy atom. The summed E-state index contributed by atoms with van der Waals surface area (Å²) in [6.45, 7) is 0.678. The van der Waals surface area contributed by atoms with Gasteiger partial charge in [0.05, 0.1) is 6.54 Å². The van der Waals surface area contributed by atoms with Crippen molar-refractivity contribution < 1.29 is 9.53 Å². The van der Waals surface area contributed by atoms with Gasteiger partial charge in [-0.15, -0.1) is 0 Å². The molecule has 0 aliphatic rings. The maximum Gasteiger partial charge on any atom is 0.250 e. The molecule has 0 saturated carbocycles. The number of aromatic nitrogens is 1. The van der Waals surface area contributed by atoms with Gasteiger partial charge in [-0.2, -0.15) is 0 Å². The number of hydrogen-bond donors (Lipinski definition) is 2. The minimum absolute atomic E-state index is 0.179. The minimum atomic E-state index is -0.565. The molecule has 1 heterocycles. The molecule has 3 N–H and O–H groups in total. The van der Waals surface area contributed by atoms with Gasteiger partial charge in [-0.05, 0) is 12.1 Å². The van der Waals surface area contributed by atoms with Crippen molar-refractivity contribution in [3.8, 4) is 0 Å². The third-order valence-corrected chi connectivity index (χ3v) is 2.29. The second kappa shape index (κ2) is 5.53. The summed E-state index contributed by atoms with van der Waals surface area (Å²) in [4.78, 5) is 11.5. The van der Waals surface area contributed by atoms with Gasteiger partial charge >= 0.3 is 0 Å². The lowest BCUT2D eigenvalue weighted by Crippen LogP contribution is -2.40. The fourth-order valence-corrected chi connectivity index (χ4v) is 1.28. The normalized spacial score (nSPS) is 12.5. The summed E-state index contributed by atoms with van der Waals surface area (Å²) in [6, 6.07) is 3.88. The Labute approximate surface area is 89.2 Å². The number of amides is 1. The van der Waals surface area contributed by atoms with Crippen LogP contribution in [0.15, 0.2) is 18.3 Å². The van der Waals surface area contributed by atoms with Crippen molar-refractivity contribution in [2.45, 2.75) is 12.6 Å². The molecule has 1 unspecified atom stereocenters. The zero-order valence-electron chi connectivity index (χ0n) is 9.06. The van der Waals surface area contributed by atoms with Crippen molar-refractivity contribution in [3.63, 3.8) is 0 Å². The first-order chi connectivity index (χ1) is 7.19. The molecular formula is C10H17N3O2. The van der Waals surface area contributed by atoms with Crippen molar-refractivity contribution >= 4 is 5.91 Å². The summed E-state index contributed by atoms with van der Waals surface area (Å²) in [6.07, 6.45) is 1.36. The van der Waals surface area contributed by atoms with Crippen LogP contribution in [-0.2, 0) is 23.1 Å². The molecule has 0 bridgehead atoms. The minimum Gasteiger partial charge on any atom is -0.370 e. The molecule has 0 radical (unpaired) electrons. The van der Waals surface area contributed by atoms with E-state index < -0.39 is 6.10 Å². The second-order valence-electron chi connectivity index (χ2n) is 3.29. The number of ether oxygens (including phenoxy) is 1. The number of carbonyl (C=O) groups excluding carboxylic acids is 1. The number of rotatable bonds is 5. The SMILES string of the molecule is COC(CN)C(=O)NCc1cccn1C. The van der Waals surface area contributed by atoms with Crippen molar-refractivity contribution in [2.24, 2.45) is 12.8 Å². The molecule has 5 nitrogen and oxygen atoms in total. The van der Waals surface area contributed by atoms with E-state index in [-0.39, 0.29) is 12.5 Å². The van der Waals surface area contributed by atoms with Gasteiger partial charge in [0.2, 0.25) is 0 Å². The first-order valence-electron chi connectivity index (χ1n) is 4.79. The third-order valence-electron chi connectivity index (χ3n) is 2.29. The van der Waals surface area contributed by atoms with Crippen molar-refractivity contribution in [2.75, 3.05) is 13.7 Å². The highest BCUT2D eigenvalue weighted by Crippen LogP contribution is 1.99. The molecule has 1 atom stereocenters. The fraction of sp³-hybridized carbons (Fsp3) is 0.500. The molecule has 0 aliphatic carbocycles. The first kappa shape index (κ1) is 11.7. The van der Waals surface area contributed by atoms with Crippen molar-refractivity contribution in [1.82, 2.24) is 9.88 Å². The number of hydrogen-bond acceptors (Lipinski definition) is 3. The predicted octanol–water partition coefficient (Wildman–Crippen LogP) is -0.385. The van der Waals surface area contributed by atoms with E-state index in [9.17, 15) is 4.79 Å². The van der Waals surface area contributed by atoms with Crippen LogP contribution < -0.4 is 11.1 Å². The van der Waals surface area contributed by atoms with Crippen molar-refractivity contribution in [3.05, 3.63) is 24.0 Å². The quantitative estimate of drug-likeness (QED) is 0.697. The molecule has 0 aliphatic heterocycles. The van der Waals surface area contributed by atoms with E-state index in [2.05, 4.69) is 5.32 Å². The van der Waals surface area contributed by atoms with Gasteiger partial charge in [-0.1, -0.05) is 0 Å². The Bertz CT molecular complexity index is 318. The molecule has 15 heavy (non-hydrogen) atoms. The van der Waals surface area contributed by atoms with Crippen LogP contribution in [0.25, 0.3) is 0 Å². The highest BCUT2D eigenvalue weighted by molar-refractivity contribution is 5.80. The summed E-state index contributed by atoms with van der Waals surface area (Å²) in [5, 5.41) is 2.76. The number of carbonyl (C=O) groups is 1. The number of methoxy groups -OCH3 is 1. The fourth-order valence-electron chi connectivity index (χ4n) is 1.28. The van der Waals surface area contributed by atoms with Crippen LogP contribution in [0, 0.1) is 0 Å². The largest absolute Gasteiger partial charge is 0.370 e. The zero-order valence-corrected chi connectivity index (χ0v) is 9.06. The van der Waals surface area contributed by atoms with Gasteiger partial charge in [0.25, 0.3) is 5.91 Å². The highest BCUT2D eigenvalue weighted by Gasteiger charge is 2.14. The van der Waals surface area contributed by atoms with Crippen LogP contribution in [0.4, 0.5) is 0 Å². The highest BCUT2D eigenvalue weighted by atomic mass is 16.5. The third kappa shape index (κ3) is 3.07. The molecule has 1 amide bonds. The molecular weight excluding hydrogens is 194 g/mol. The maximum absolute atomic E-state index is 11.5. The summed E-state index contributed by atoms with van der Waals surface area (Å²) in [5.41, 5.74) is 6.41. The molecule has 0 fully saturated rings. The molecule has 0 spiro atoms. The van der Waals surface area contributed by atoms with Gasteiger partial charge < -0.3 is 20.4 Å². The van der Waals surface area contributed by atoms with E-state index in [0.29, 0.717) is 6.54 Å². The lowest BCUT2D eigenvalue weighted by atomic mass is 10.3. The molecule has 0 saturated heterocycles. The molecule has 1 aromatic heterocycles. The molecule has 5 heteroatoms. The summed E-state index contributed by atoms with van der Waals surface area (Å²) < 4.78 is 6.87. The zero-order chi connectivity index (χ0) is 11.3. The van der Waals surface area contributed by atoms with E-state index in [0.717, 1.165) is 5.69 Å². The van der Waals surface area contributed by atoms with Crippen LogP contribution in [-0.4, -0.2) is 30.2 Å². The topological polar surface area (TPSA) is 69.3 Å². The first-order valence-corrected chi connectivity index (χ1v) is 4.79. The van der Waals surface area contributed by atoms with Crippen molar-refractivity contribution in [1.29, 1.82) is 0 Å². The number of nitrogens with zero attached hydrogens (tertiary/aromatic N) is 1. The summed E-state index contributed by atoms with van der Waals surface area (Å²) in [7, 11) is 3.40. The molecule has 0 aromatic carbocycles. The van der Waals surface area contributed by atoms with Gasteiger partial charge in [0.15, 0.2) is 0 Å². The molecule has 1 aromatic rings. The van der Waals surface area contributed by atoms with Crippen LogP contribution in [0.2, 0.25) is 0 Å². The Morgan fingerprint density at radius 2 is 2.47 bits per heavy atom. The molecule has 1 rings (SSSR count). The van der Waals surface area contributed by atoms with Gasteiger partial charge in [0, 0.05) is 32.6 Å². The average Bonchev–Trinajstić information content (AvgIpc) is 2.63. The standard InChI is InChI=1S/C10H17N3O2/c1-13-5-3-4-8(13)7-12-10(14)9(6-11)15-2/h3-5,9H,6-7,11H2,1-2H3,(H,12,14). The molecule has 84 valence electrons. The lowest BCUT2D eigenvalue weighted by Gasteiger charge is -2.13. The average molecular weight is 211 g/mol. The van der Waals surface area contributed by atoms with E-state index in [1.807, 2.05) is 29.9 Å². The van der Waals surface area contributed by atoms with Crippen LogP contribution in [0.5, 0.6) is 0 Å². The van der Waals surface area contributed by atoms with Gasteiger partial charge in [0.1, 0.15) is 6.10 Å². The second-order valence-corrected chi connectivity index (χ2v) is 3.29. The van der Waals surface area contributed by atoms with Crippen LogP contribution in [0.3, 0.4) is 0 Å². The lowest BCUT2D eigenvalue weighted by molar-refractivity contribution is -0.130. The van der Waals surface area contributed by atoms with E-state index >= 15 is 0 Å². The summed E-state index contributed by atoms with van der Waals surface area (Å²) in [5.74, 6) is -0.179. The predicted molar refractivity (Wildman–Crippen MR) is 57.1 cm³/mol. The number of nitrogens with two attached hydrogens (primary N) is 1. The van der Waals surface area contributed by atoms with E-state index in [1.165, 1.54) is 7.11 Å². The van der Waals surface area contributed by atoms with Crippen LogP contribution >= 0.6 is 0 Å². The van der Waals surface area contributed by atoms with E-state index in [1.54, 1.807) is 0 Å². The van der Waals surface area contributed by atoms with E-state index in [4.69, 9.17) is 10.5 Å². The summed E-state index contributed by atoms with van der Waals surface area (Å²) >= 11 is 0. The Morgan fingerprint density at radius 3 is 2.93 bits per heavy atom. The Hall–Kier alpha value is -1.33. The monoisotopic (exact) mass is 211 g/mol. The number of aryl methyl sites for hydroxylation is 1. The maximum atomic E-state index is 11.5. The Kier molecular flexibility index (Phi) is 4.33. The Balaban J connectivity index is 2.43. The van der Waals surface area contributed by atoms with Gasteiger partial charge in [-0.3, -0.25) is 4.79 Å². The number of nitrogens with one attached hydrogen (secondary N) is 1. The smallest absolute Gasteiger partial charge is 0.250 e. The van der Waals surface area contributed by atoms with Gasteiger partial charge in [-0.25, -0.2) is 0 Å². The van der Waals surface area contributed by atoms with Crippen LogP contribution in [0.1, 0.15) is 5.69 Å².